The molecule has 0 fully saturated rings. The molecular weight excluding hydrogens is 234 g/mol. The fraction of sp³-hybridized carbons (Fsp3) is 0.583. The van der Waals surface area contributed by atoms with E-state index < -0.39 is 0 Å². The van der Waals surface area contributed by atoms with Crippen LogP contribution in [-0.2, 0) is 6.42 Å². The highest BCUT2D eigenvalue weighted by atomic mass is 32.1. The molecule has 1 aromatic rings. The quantitative estimate of drug-likeness (QED) is 0.339. The Kier molecular flexibility index (Phi) is 6.00. The molecule has 96 valence electrons. The van der Waals surface area contributed by atoms with Gasteiger partial charge in [-0.05, 0) is 31.7 Å². The van der Waals surface area contributed by atoms with Gasteiger partial charge < -0.3 is 15.8 Å². The van der Waals surface area contributed by atoms with Crippen LogP contribution < -0.4 is 5.73 Å². The van der Waals surface area contributed by atoms with Crippen LogP contribution >= 0.6 is 11.3 Å². The van der Waals surface area contributed by atoms with E-state index in [0.717, 1.165) is 19.5 Å². The minimum atomic E-state index is 0.298. The van der Waals surface area contributed by atoms with Gasteiger partial charge >= 0.3 is 0 Å². The van der Waals surface area contributed by atoms with E-state index in [9.17, 15) is 0 Å². The van der Waals surface area contributed by atoms with Gasteiger partial charge in [0.05, 0.1) is 0 Å². The number of hydrogen-bond acceptors (Lipinski definition) is 4. The molecule has 3 N–H and O–H groups in total. The van der Waals surface area contributed by atoms with Crippen molar-refractivity contribution in [3.8, 4) is 0 Å². The lowest BCUT2D eigenvalue weighted by Gasteiger charge is -2.25. The second-order valence-electron chi connectivity index (χ2n) is 4.30. The van der Waals surface area contributed by atoms with E-state index in [1.165, 1.54) is 4.88 Å². The van der Waals surface area contributed by atoms with Gasteiger partial charge in [0.25, 0.3) is 0 Å². The van der Waals surface area contributed by atoms with Crippen molar-refractivity contribution in [1.82, 2.24) is 4.90 Å². The molecule has 0 spiro atoms. The Morgan fingerprint density at radius 3 is 2.82 bits per heavy atom. The Balaban J connectivity index is 2.38. The Labute approximate surface area is 107 Å². The first-order valence-corrected chi connectivity index (χ1v) is 6.74. The molecule has 0 saturated heterocycles. The standard InChI is InChI=1S/C12H21N3OS/c1-10(2)15(8-6-12(13)14-16)7-5-11-4-3-9-17-11/h3-4,9-10,16H,5-8H2,1-2H3,(H2,13,14). The molecule has 0 bridgehead atoms. The van der Waals surface area contributed by atoms with E-state index in [2.05, 4.69) is 41.4 Å². The average molecular weight is 255 g/mol. The predicted octanol–water partition coefficient (Wildman–Crippen LogP) is 2.14. The summed E-state index contributed by atoms with van der Waals surface area (Å²) in [4.78, 5) is 3.75. The van der Waals surface area contributed by atoms with E-state index >= 15 is 0 Å². The summed E-state index contributed by atoms with van der Waals surface area (Å²) >= 11 is 1.79. The Hall–Kier alpha value is -1.07. The summed E-state index contributed by atoms with van der Waals surface area (Å²) in [5.74, 6) is 0.298. The van der Waals surface area contributed by atoms with E-state index in [0.29, 0.717) is 18.3 Å². The van der Waals surface area contributed by atoms with Crippen LogP contribution in [-0.4, -0.2) is 35.1 Å². The van der Waals surface area contributed by atoms with Crippen molar-refractivity contribution in [2.45, 2.75) is 32.7 Å². The largest absolute Gasteiger partial charge is 0.409 e. The lowest BCUT2D eigenvalue weighted by atomic mass is 10.2. The summed E-state index contributed by atoms with van der Waals surface area (Å²) in [7, 11) is 0. The van der Waals surface area contributed by atoms with Gasteiger partial charge in [-0.15, -0.1) is 11.3 Å². The Morgan fingerprint density at radius 2 is 2.29 bits per heavy atom. The predicted molar refractivity (Wildman–Crippen MR) is 72.8 cm³/mol. The number of rotatable bonds is 7. The van der Waals surface area contributed by atoms with Crippen molar-refractivity contribution in [1.29, 1.82) is 0 Å². The third-order valence-electron chi connectivity index (χ3n) is 2.74. The summed E-state index contributed by atoms with van der Waals surface area (Å²) < 4.78 is 0. The van der Waals surface area contributed by atoms with Gasteiger partial charge in [-0.25, -0.2) is 0 Å². The molecular formula is C12H21N3OS. The van der Waals surface area contributed by atoms with Crippen molar-refractivity contribution >= 4 is 17.2 Å². The number of nitrogens with zero attached hydrogens (tertiary/aromatic N) is 2. The van der Waals surface area contributed by atoms with E-state index in [1.807, 2.05) is 0 Å². The van der Waals surface area contributed by atoms with E-state index in [1.54, 1.807) is 11.3 Å². The maximum atomic E-state index is 8.51. The maximum Gasteiger partial charge on any atom is 0.140 e. The first kappa shape index (κ1) is 14.0. The molecule has 0 radical (unpaired) electrons. The van der Waals surface area contributed by atoms with Crippen LogP contribution in [0.5, 0.6) is 0 Å². The topological polar surface area (TPSA) is 61.8 Å². The summed E-state index contributed by atoms with van der Waals surface area (Å²) in [6.07, 6.45) is 1.67. The van der Waals surface area contributed by atoms with Crippen molar-refractivity contribution in [2.24, 2.45) is 10.9 Å². The van der Waals surface area contributed by atoms with E-state index in [-0.39, 0.29) is 0 Å². The van der Waals surface area contributed by atoms with Crippen LogP contribution in [0.1, 0.15) is 25.1 Å². The monoisotopic (exact) mass is 255 g/mol. The first-order chi connectivity index (χ1) is 8.13. The summed E-state index contributed by atoms with van der Waals surface area (Å²) in [5.41, 5.74) is 5.49. The highest BCUT2D eigenvalue weighted by Crippen LogP contribution is 2.11. The summed E-state index contributed by atoms with van der Waals surface area (Å²) in [5, 5.41) is 13.6. The number of thiophene rings is 1. The Morgan fingerprint density at radius 1 is 1.53 bits per heavy atom. The molecule has 0 amide bonds. The summed E-state index contributed by atoms with van der Waals surface area (Å²) in [6, 6.07) is 4.71. The molecule has 1 rings (SSSR count). The molecule has 4 nitrogen and oxygen atoms in total. The zero-order valence-corrected chi connectivity index (χ0v) is 11.3. The lowest BCUT2D eigenvalue weighted by molar-refractivity contribution is 0.229. The van der Waals surface area contributed by atoms with Crippen molar-refractivity contribution < 1.29 is 5.21 Å². The maximum absolute atomic E-state index is 8.51. The molecule has 0 saturated carbocycles. The van der Waals surface area contributed by atoms with Crippen molar-refractivity contribution in [3.63, 3.8) is 0 Å². The minimum absolute atomic E-state index is 0.298. The van der Waals surface area contributed by atoms with Gasteiger partial charge in [0.1, 0.15) is 5.84 Å². The Bertz CT molecular complexity index is 336. The second-order valence-corrected chi connectivity index (χ2v) is 5.33. The molecule has 0 aliphatic carbocycles. The third-order valence-corrected chi connectivity index (χ3v) is 3.68. The smallest absolute Gasteiger partial charge is 0.140 e. The fourth-order valence-corrected chi connectivity index (χ4v) is 2.34. The molecule has 0 aromatic carbocycles. The average Bonchev–Trinajstić information content (AvgIpc) is 2.81. The molecule has 1 aromatic heterocycles. The molecule has 5 heteroatoms. The van der Waals surface area contributed by atoms with Crippen LogP contribution in [0.3, 0.4) is 0 Å². The normalized spacial score (nSPS) is 12.6. The van der Waals surface area contributed by atoms with Gasteiger partial charge in [0, 0.05) is 30.4 Å². The van der Waals surface area contributed by atoms with E-state index in [4.69, 9.17) is 10.9 Å². The number of oxime groups is 1. The molecule has 1 heterocycles. The molecule has 0 unspecified atom stereocenters. The highest BCUT2D eigenvalue weighted by Gasteiger charge is 2.10. The zero-order chi connectivity index (χ0) is 12.7. The lowest BCUT2D eigenvalue weighted by Crippen LogP contribution is -2.35. The number of nitrogens with two attached hydrogens (primary N) is 1. The fourth-order valence-electron chi connectivity index (χ4n) is 1.64. The van der Waals surface area contributed by atoms with Crippen molar-refractivity contribution in [3.05, 3.63) is 22.4 Å². The third kappa shape index (κ3) is 5.19. The van der Waals surface area contributed by atoms with Crippen LogP contribution in [0.2, 0.25) is 0 Å². The minimum Gasteiger partial charge on any atom is -0.409 e. The highest BCUT2D eigenvalue weighted by molar-refractivity contribution is 7.09. The molecule has 17 heavy (non-hydrogen) atoms. The van der Waals surface area contributed by atoms with Gasteiger partial charge in [-0.2, -0.15) is 0 Å². The van der Waals surface area contributed by atoms with Gasteiger partial charge in [-0.3, -0.25) is 0 Å². The van der Waals surface area contributed by atoms with Gasteiger partial charge in [0.15, 0.2) is 0 Å². The second kappa shape index (κ2) is 7.29. The number of hydrogen-bond donors (Lipinski definition) is 2. The van der Waals surface area contributed by atoms with Crippen LogP contribution in [0.25, 0.3) is 0 Å². The molecule has 0 aliphatic rings. The summed E-state index contributed by atoms with van der Waals surface area (Å²) in [6.45, 7) is 6.18. The molecule has 0 aliphatic heterocycles. The van der Waals surface area contributed by atoms with Crippen LogP contribution in [0.4, 0.5) is 0 Å². The van der Waals surface area contributed by atoms with Crippen molar-refractivity contribution in [2.75, 3.05) is 13.1 Å². The van der Waals surface area contributed by atoms with Crippen LogP contribution in [0, 0.1) is 0 Å². The zero-order valence-electron chi connectivity index (χ0n) is 10.5. The van der Waals surface area contributed by atoms with Crippen LogP contribution in [0.15, 0.2) is 22.7 Å². The molecule has 0 atom stereocenters. The number of amidine groups is 1. The first-order valence-electron chi connectivity index (χ1n) is 5.86. The SMILES string of the molecule is CC(C)N(CCC(N)=NO)CCc1cccs1. The van der Waals surface area contributed by atoms with Gasteiger partial charge in [0.2, 0.25) is 0 Å². The van der Waals surface area contributed by atoms with Gasteiger partial charge in [-0.1, -0.05) is 11.2 Å².